The maximum atomic E-state index is 13.4. The summed E-state index contributed by atoms with van der Waals surface area (Å²) >= 11 is 0. The number of aromatic nitrogens is 2. The third kappa shape index (κ3) is 5.04. The lowest BCUT2D eigenvalue weighted by Crippen LogP contribution is -2.15. The van der Waals surface area contributed by atoms with E-state index in [0.717, 1.165) is 6.07 Å². The Kier molecular flexibility index (Phi) is 6.12. The number of hydrogen-bond donors (Lipinski definition) is 2. The maximum Gasteiger partial charge on any atom is 0.257 e. The first-order valence-electron chi connectivity index (χ1n) is 9.90. The molecule has 0 aliphatic heterocycles. The quantitative estimate of drug-likeness (QED) is 0.445. The Morgan fingerprint density at radius 2 is 1.70 bits per heavy atom. The third-order valence-corrected chi connectivity index (χ3v) is 4.71. The summed E-state index contributed by atoms with van der Waals surface area (Å²) in [5, 5.41) is 9.21. The van der Waals surface area contributed by atoms with Gasteiger partial charge in [-0.3, -0.25) is 9.59 Å². The smallest absolute Gasteiger partial charge is 0.257 e. The SMILES string of the molecule is COc1ccc(NC(=O)c2ccc(-c3nc(C)no3)cc2)cc1NC(=O)c1cccc(F)c1. The van der Waals surface area contributed by atoms with Crippen LogP contribution in [0.3, 0.4) is 0 Å². The van der Waals surface area contributed by atoms with Crippen molar-refractivity contribution in [3.8, 4) is 17.2 Å². The Hall–Kier alpha value is -4.53. The van der Waals surface area contributed by atoms with Crippen LogP contribution in [0.4, 0.5) is 15.8 Å². The average Bonchev–Trinajstić information content (AvgIpc) is 3.25. The summed E-state index contributed by atoms with van der Waals surface area (Å²) in [6, 6.07) is 16.8. The van der Waals surface area contributed by atoms with Crippen LogP contribution in [0.5, 0.6) is 5.75 Å². The number of methoxy groups -OCH3 is 1. The summed E-state index contributed by atoms with van der Waals surface area (Å²) in [5.74, 6) is -0.105. The van der Waals surface area contributed by atoms with Crippen LogP contribution >= 0.6 is 0 Å². The number of hydrogen-bond acceptors (Lipinski definition) is 6. The van der Waals surface area contributed by atoms with E-state index in [9.17, 15) is 14.0 Å². The Labute approximate surface area is 188 Å². The van der Waals surface area contributed by atoms with Gasteiger partial charge >= 0.3 is 0 Å². The molecule has 0 saturated carbocycles. The molecule has 0 spiro atoms. The molecule has 0 unspecified atom stereocenters. The van der Waals surface area contributed by atoms with Gasteiger partial charge in [-0.15, -0.1) is 0 Å². The lowest BCUT2D eigenvalue weighted by molar-refractivity contribution is 0.101. The van der Waals surface area contributed by atoms with Gasteiger partial charge in [0.15, 0.2) is 5.82 Å². The largest absolute Gasteiger partial charge is 0.495 e. The highest BCUT2D eigenvalue weighted by Crippen LogP contribution is 2.29. The molecule has 4 rings (SSSR count). The van der Waals surface area contributed by atoms with Crippen molar-refractivity contribution in [2.45, 2.75) is 6.92 Å². The Morgan fingerprint density at radius 3 is 2.36 bits per heavy atom. The van der Waals surface area contributed by atoms with E-state index in [1.165, 1.54) is 25.3 Å². The van der Waals surface area contributed by atoms with Crippen molar-refractivity contribution in [3.63, 3.8) is 0 Å². The van der Waals surface area contributed by atoms with Crippen LogP contribution < -0.4 is 15.4 Å². The Morgan fingerprint density at radius 1 is 0.939 bits per heavy atom. The molecule has 1 aromatic heterocycles. The van der Waals surface area contributed by atoms with E-state index in [-0.39, 0.29) is 11.5 Å². The monoisotopic (exact) mass is 446 g/mol. The summed E-state index contributed by atoms with van der Waals surface area (Å²) in [6.07, 6.45) is 0. The van der Waals surface area contributed by atoms with Gasteiger partial charge in [0.2, 0.25) is 0 Å². The minimum absolute atomic E-state index is 0.156. The summed E-state index contributed by atoms with van der Waals surface area (Å²) in [4.78, 5) is 29.3. The third-order valence-electron chi connectivity index (χ3n) is 4.71. The van der Waals surface area contributed by atoms with Crippen molar-refractivity contribution in [1.82, 2.24) is 10.1 Å². The number of amides is 2. The molecule has 166 valence electrons. The van der Waals surface area contributed by atoms with Crippen molar-refractivity contribution in [2.24, 2.45) is 0 Å². The zero-order valence-corrected chi connectivity index (χ0v) is 17.8. The molecule has 1 heterocycles. The van der Waals surface area contributed by atoms with Crippen LogP contribution in [0.1, 0.15) is 26.5 Å². The van der Waals surface area contributed by atoms with E-state index < -0.39 is 11.7 Å². The van der Waals surface area contributed by atoms with Crippen LogP contribution in [-0.4, -0.2) is 29.1 Å². The van der Waals surface area contributed by atoms with Gasteiger partial charge in [-0.1, -0.05) is 11.2 Å². The summed E-state index contributed by atoms with van der Waals surface area (Å²) in [5.41, 5.74) is 2.02. The van der Waals surface area contributed by atoms with E-state index in [1.54, 1.807) is 49.4 Å². The molecule has 4 aromatic rings. The lowest BCUT2D eigenvalue weighted by Gasteiger charge is -2.13. The van der Waals surface area contributed by atoms with E-state index in [0.29, 0.717) is 40.0 Å². The number of benzene rings is 3. The number of rotatable bonds is 6. The lowest BCUT2D eigenvalue weighted by atomic mass is 10.1. The van der Waals surface area contributed by atoms with Gasteiger partial charge in [0.05, 0.1) is 12.8 Å². The fourth-order valence-electron chi connectivity index (χ4n) is 3.09. The zero-order valence-electron chi connectivity index (χ0n) is 17.8. The first-order valence-corrected chi connectivity index (χ1v) is 9.90. The van der Waals surface area contributed by atoms with Crippen LogP contribution in [0.2, 0.25) is 0 Å². The van der Waals surface area contributed by atoms with Gasteiger partial charge in [0.25, 0.3) is 17.7 Å². The molecule has 0 saturated heterocycles. The van der Waals surface area contributed by atoms with Crippen LogP contribution in [0.25, 0.3) is 11.5 Å². The normalized spacial score (nSPS) is 10.5. The zero-order chi connectivity index (χ0) is 23.4. The van der Waals surface area contributed by atoms with E-state index in [2.05, 4.69) is 20.8 Å². The number of halogens is 1. The number of nitrogens with zero attached hydrogens (tertiary/aromatic N) is 2. The van der Waals surface area contributed by atoms with Crippen molar-refractivity contribution in [3.05, 3.63) is 89.5 Å². The first-order chi connectivity index (χ1) is 15.9. The van der Waals surface area contributed by atoms with Crippen molar-refractivity contribution in [2.75, 3.05) is 17.7 Å². The second-order valence-corrected chi connectivity index (χ2v) is 7.06. The number of anilines is 2. The minimum atomic E-state index is -0.518. The fourth-order valence-corrected chi connectivity index (χ4v) is 3.09. The highest BCUT2D eigenvalue weighted by molar-refractivity contribution is 6.07. The van der Waals surface area contributed by atoms with E-state index in [1.807, 2.05) is 0 Å². The van der Waals surface area contributed by atoms with Crippen LogP contribution in [-0.2, 0) is 0 Å². The molecular formula is C24H19FN4O4. The number of ether oxygens (including phenoxy) is 1. The minimum Gasteiger partial charge on any atom is -0.495 e. The molecule has 0 atom stereocenters. The number of nitrogens with one attached hydrogen (secondary N) is 2. The Balaban J connectivity index is 1.50. The van der Waals surface area contributed by atoms with Gasteiger partial charge in [-0.25, -0.2) is 4.39 Å². The molecule has 0 aliphatic carbocycles. The molecule has 2 N–H and O–H groups in total. The van der Waals surface area contributed by atoms with Crippen LogP contribution in [0.15, 0.2) is 71.3 Å². The number of aryl methyl sites for hydroxylation is 1. The molecular weight excluding hydrogens is 427 g/mol. The van der Waals surface area contributed by atoms with Crippen LogP contribution in [0, 0.1) is 12.7 Å². The average molecular weight is 446 g/mol. The molecule has 8 nitrogen and oxygen atoms in total. The predicted octanol–water partition coefficient (Wildman–Crippen LogP) is 4.70. The predicted molar refractivity (Wildman–Crippen MR) is 120 cm³/mol. The standard InChI is InChI=1S/C24H19FN4O4/c1-14-26-24(33-29-14)16-8-6-15(7-9-16)22(30)27-19-10-11-21(32-2)20(13-19)28-23(31)17-4-3-5-18(25)12-17/h3-13H,1-2H3,(H,27,30)(H,28,31). The molecule has 33 heavy (non-hydrogen) atoms. The van der Waals surface area contributed by atoms with Crippen molar-refractivity contribution >= 4 is 23.2 Å². The number of carbonyl (C=O) groups is 2. The second-order valence-electron chi connectivity index (χ2n) is 7.06. The fraction of sp³-hybridized carbons (Fsp3) is 0.0833. The van der Waals surface area contributed by atoms with E-state index >= 15 is 0 Å². The van der Waals surface area contributed by atoms with Gasteiger partial charge < -0.3 is 19.9 Å². The number of carbonyl (C=O) groups excluding carboxylic acids is 2. The topological polar surface area (TPSA) is 106 Å². The first kappa shape index (κ1) is 21.7. The van der Waals surface area contributed by atoms with Gasteiger partial charge in [-0.05, 0) is 67.6 Å². The molecule has 2 amide bonds. The van der Waals surface area contributed by atoms with Gasteiger partial charge in [-0.2, -0.15) is 4.98 Å². The summed E-state index contributed by atoms with van der Waals surface area (Å²) in [7, 11) is 1.46. The van der Waals surface area contributed by atoms with Crippen molar-refractivity contribution in [1.29, 1.82) is 0 Å². The highest BCUT2D eigenvalue weighted by Gasteiger charge is 2.14. The Bertz CT molecular complexity index is 1320. The summed E-state index contributed by atoms with van der Waals surface area (Å²) in [6.45, 7) is 1.72. The molecule has 0 fully saturated rings. The second kappa shape index (κ2) is 9.31. The molecule has 9 heteroatoms. The molecule has 0 radical (unpaired) electrons. The maximum absolute atomic E-state index is 13.4. The molecule has 0 aliphatic rings. The summed E-state index contributed by atoms with van der Waals surface area (Å²) < 4.78 is 23.8. The highest BCUT2D eigenvalue weighted by atomic mass is 19.1. The van der Waals surface area contributed by atoms with Gasteiger partial charge in [0, 0.05) is 22.4 Å². The van der Waals surface area contributed by atoms with Gasteiger partial charge in [0.1, 0.15) is 11.6 Å². The van der Waals surface area contributed by atoms with E-state index in [4.69, 9.17) is 9.26 Å². The molecule has 0 bridgehead atoms. The van der Waals surface area contributed by atoms with Crippen molar-refractivity contribution < 1.29 is 23.2 Å². The molecule has 3 aromatic carbocycles.